The van der Waals surface area contributed by atoms with Crippen molar-refractivity contribution in [3.8, 4) is 0 Å². The average Bonchev–Trinajstić information content (AvgIpc) is 2.14. The molecule has 1 rings (SSSR count). The molecule has 0 saturated heterocycles. The third kappa shape index (κ3) is 0.796. The molecule has 0 spiro atoms. The van der Waals surface area contributed by atoms with Crippen LogP contribution in [-0.2, 0) is 0 Å². The summed E-state index contributed by atoms with van der Waals surface area (Å²) in [5.41, 5.74) is 0. The lowest BCUT2D eigenvalue weighted by Gasteiger charge is -1.89. The van der Waals surface area contributed by atoms with Crippen LogP contribution in [0.1, 0.15) is 0 Å². The molecule has 0 amide bonds. The maximum atomic E-state index is 4.05. The zero-order chi connectivity index (χ0) is 5.11. The van der Waals surface area contributed by atoms with Crippen LogP contribution in [0.5, 0.6) is 0 Å². The fourth-order valence-electron chi connectivity index (χ4n) is 0.530. The van der Waals surface area contributed by atoms with Crippen molar-refractivity contribution in [3.63, 3.8) is 0 Å². The van der Waals surface area contributed by atoms with E-state index in [-0.39, 0.29) is 0 Å². The van der Waals surface area contributed by atoms with Gasteiger partial charge in [0.25, 0.3) is 0 Å². The third-order valence-corrected chi connectivity index (χ3v) is 0.899. The van der Waals surface area contributed by atoms with Crippen molar-refractivity contribution in [2.24, 2.45) is 4.99 Å². The molecule has 1 aliphatic rings. The van der Waals surface area contributed by atoms with Gasteiger partial charge in [0.15, 0.2) is 0 Å². The zero-order valence-electron chi connectivity index (χ0n) is 4.31. The van der Waals surface area contributed by atoms with Crippen LogP contribution in [0.2, 0.25) is 0 Å². The van der Waals surface area contributed by atoms with Gasteiger partial charge in [-0.2, -0.15) is 0 Å². The number of amidine groups is 1. The van der Waals surface area contributed by atoms with Crippen LogP contribution in [0.15, 0.2) is 17.1 Å². The Labute approximate surface area is 42.9 Å². The lowest BCUT2D eigenvalue weighted by atomic mass is 10.5. The molecule has 1 heterocycles. The molecule has 0 aromatic heterocycles. The van der Waals surface area contributed by atoms with E-state index in [1.54, 1.807) is 0 Å². The average molecular weight is 96.1 g/mol. The van der Waals surface area contributed by atoms with Crippen LogP contribution >= 0.6 is 0 Å². The van der Waals surface area contributed by atoms with Crippen LogP contribution in [0, 0.1) is 0 Å². The van der Waals surface area contributed by atoms with Crippen molar-refractivity contribution in [3.05, 3.63) is 12.2 Å². The standard InChI is InChI=1S/C5H8N2/c1-6-5-3-2-4-7-5/h2-3H,4H2,1H3,(H,6,7). The van der Waals surface area contributed by atoms with Crippen LogP contribution in [0.3, 0.4) is 0 Å². The topological polar surface area (TPSA) is 24.4 Å². The van der Waals surface area contributed by atoms with Gasteiger partial charge < -0.3 is 5.32 Å². The van der Waals surface area contributed by atoms with E-state index in [0.29, 0.717) is 0 Å². The van der Waals surface area contributed by atoms with Crippen molar-refractivity contribution < 1.29 is 0 Å². The molecule has 0 aromatic rings. The molecule has 38 valence electrons. The Morgan fingerprint density at radius 1 is 1.86 bits per heavy atom. The summed E-state index contributed by atoms with van der Waals surface area (Å²) in [5, 5.41) is 2.93. The first-order valence-electron chi connectivity index (χ1n) is 2.32. The van der Waals surface area contributed by atoms with Gasteiger partial charge in [-0.05, 0) is 6.08 Å². The van der Waals surface area contributed by atoms with E-state index in [0.717, 1.165) is 12.4 Å². The van der Waals surface area contributed by atoms with E-state index in [2.05, 4.69) is 10.3 Å². The highest BCUT2D eigenvalue weighted by atomic mass is 15.0. The van der Waals surface area contributed by atoms with E-state index in [9.17, 15) is 0 Å². The molecule has 0 fully saturated rings. The number of nitrogens with one attached hydrogen (secondary N) is 1. The summed E-state index contributed by atoms with van der Waals surface area (Å²) in [6.07, 6.45) is 3.99. The zero-order valence-corrected chi connectivity index (χ0v) is 4.31. The minimum atomic E-state index is 0.843. The van der Waals surface area contributed by atoms with E-state index < -0.39 is 0 Å². The number of likely N-dealkylation sites (N-methyl/N-ethyl adjacent to an activating group) is 1. The van der Waals surface area contributed by atoms with Gasteiger partial charge in [0, 0.05) is 7.05 Å². The van der Waals surface area contributed by atoms with Gasteiger partial charge in [0.05, 0.1) is 6.54 Å². The molecule has 0 saturated carbocycles. The summed E-state index contributed by atoms with van der Waals surface area (Å²) in [6, 6.07) is 0. The first-order chi connectivity index (χ1) is 3.43. The first-order valence-corrected chi connectivity index (χ1v) is 2.32. The number of hydrogen-bond donors (Lipinski definition) is 1. The Morgan fingerprint density at radius 2 is 2.71 bits per heavy atom. The Kier molecular flexibility index (Phi) is 1.11. The fourth-order valence-corrected chi connectivity index (χ4v) is 0.530. The Morgan fingerprint density at radius 3 is 3.00 bits per heavy atom. The predicted molar refractivity (Wildman–Crippen MR) is 30.5 cm³/mol. The summed E-state index contributed by atoms with van der Waals surface area (Å²) in [7, 11) is 1.87. The molecule has 0 atom stereocenters. The summed E-state index contributed by atoms with van der Waals surface area (Å²) in [4.78, 5) is 4.05. The molecule has 2 heteroatoms. The molecule has 0 bridgehead atoms. The molecular formula is C5H8N2. The van der Waals surface area contributed by atoms with Crippen LogP contribution in [0.4, 0.5) is 0 Å². The number of nitrogens with zero attached hydrogens (tertiary/aromatic N) is 1. The van der Waals surface area contributed by atoms with Crippen molar-refractivity contribution >= 4 is 5.84 Å². The largest absolute Gasteiger partial charge is 0.373 e. The Hall–Kier alpha value is -0.790. The summed E-state index contributed by atoms with van der Waals surface area (Å²) >= 11 is 0. The maximum absolute atomic E-state index is 4.05. The predicted octanol–water partition coefficient (Wildman–Crippen LogP) is 0.174. The highest BCUT2D eigenvalue weighted by Crippen LogP contribution is 1.87. The van der Waals surface area contributed by atoms with E-state index >= 15 is 0 Å². The minimum Gasteiger partial charge on any atom is -0.373 e. The van der Waals surface area contributed by atoms with E-state index in [4.69, 9.17) is 0 Å². The Bertz CT molecular complexity index is 113. The molecule has 0 aliphatic carbocycles. The fraction of sp³-hybridized carbons (Fsp3) is 0.400. The molecule has 1 aliphatic heterocycles. The van der Waals surface area contributed by atoms with Crippen molar-refractivity contribution in [2.75, 3.05) is 13.6 Å². The van der Waals surface area contributed by atoms with Gasteiger partial charge >= 0.3 is 0 Å². The quantitative estimate of drug-likeness (QED) is 0.457. The normalized spacial score (nSPS) is 17.0. The van der Waals surface area contributed by atoms with Crippen LogP contribution < -0.4 is 5.32 Å². The van der Waals surface area contributed by atoms with Gasteiger partial charge in [-0.3, -0.25) is 4.99 Å². The first kappa shape index (κ1) is 4.37. The number of hydrogen-bond acceptors (Lipinski definition) is 2. The maximum Gasteiger partial charge on any atom is 0.120 e. The monoisotopic (exact) mass is 96.1 g/mol. The SMILES string of the molecule is CNC1=NCC=C1. The van der Waals surface area contributed by atoms with Crippen LogP contribution in [0.25, 0.3) is 0 Å². The molecular weight excluding hydrogens is 88.1 g/mol. The van der Waals surface area contributed by atoms with Gasteiger partial charge in [-0.1, -0.05) is 6.08 Å². The highest BCUT2D eigenvalue weighted by Gasteiger charge is 1.90. The second-order valence-corrected chi connectivity index (χ2v) is 1.38. The van der Waals surface area contributed by atoms with E-state index in [1.807, 2.05) is 19.2 Å². The Balaban J connectivity index is 2.52. The highest BCUT2D eigenvalue weighted by molar-refractivity contribution is 5.94. The molecule has 1 N–H and O–H groups in total. The van der Waals surface area contributed by atoms with Crippen LogP contribution in [-0.4, -0.2) is 19.4 Å². The lowest BCUT2D eigenvalue weighted by Crippen LogP contribution is -2.12. The van der Waals surface area contributed by atoms with Crippen molar-refractivity contribution in [1.82, 2.24) is 5.32 Å². The summed E-state index contributed by atoms with van der Waals surface area (Å²) in [5.74, 6) is 0.986. The van der Waals surface area contributed by atoms with Gasteiger partial charge in [0.2, 0.25) is 0 Å². The van der Waals surface area contributed by atoms with Gasteiger partial charge in [0.1, 0.15) is 5.84 Å². The molecule has 0 unspecified atom stereocenters. The minimum absolute atomic E-state index is 0.843. The lowest BCUT2D eigenvalue weighted by molar-refractivity contribution is 1.15. The number of aliphatic imine (C=N–C) groups is 1. The molecule has 7 heavy (non-hydrogen) atoms. The van der Waals surface area contributed by atoms with Gasteiger partial charge in [-0.15, -0.1) is 0 Å². The second-order valence-electron chi connectivity index (χ2n) is 1.38. The summed E-state index contributed by atoms with van der Waals surface area (Å²) < 4.78 is 0. The number of rotatable bonds is 0. The van der Waals surface area contributed by atoms with Crippen molar-refractivity contribution in [1.29, 1.82) is 0 Å². The van der Waals surface area contributed by atoms with Gasteiger partial charge in [-0.25, -0.2) is 0 Å². The second kappa shape index (κ2) is 1.78. The van der Waals surface area contributed by atoms with Crippen molar-refractivity contribution in [2.45, 2.75) is 0 Å². The molecule has 0 aromatic carbocycles. The molecule has 2 nitrogen and oxygen atoms in total. The smallest absolute Gasteiger partial charge is 0.120 e. The third-order valence-electron chi connectivity index (χ3n) is 0.899. The summed E-state index contributed by atoms with van der Waals surface area (Å²) in [6.45, 7) is 0.843. The van der Waals surface area contributed by atoms with E-state index in [1.165, 1.54) is 0 Å². The molecule has 0 radical (unpaired) electrons.